The summed E-state index contributed by atoms with van der Waals surface area (Å²) in [6, 6.07) is 12.1. The van der Waals surface area contributed by atoms with E-state index >= 15 is 0 Å². The Morgan fingerprint density at radius 3 is 2.58 bits per heavy atom. The zero-order chi connectivity index (χ0) is 16.8. The summed E-state index contributed by atoms with van der Waals surface area (Å²) < 4.78 is 10.5. The van der Waals surface area contributed by atoms with Crippen molar-refractivity contribution in [1.29, 1.82) is 0 Å². The highest BCUT2D eigenvalue weighted by Gasteiger charge is 2.10. The first-order chi connectivity index (χ1) is 11.8. The highest BCUT2D eigenvalue weighted by molar-refractivity contribution is 7.14. The molecule has 1 aromatic carbocycles. The Hall–Kier alpha value is -2.44. The Labute approximate surface area is 145 Å². The maximum Gasteiger partial charge on any atom is 0.213 e. The number of nitrogens with zero attached hydrogens (tertiary/aromatic N) is 2. The van der Waals surface area contributed by atoms with Crippen LogP contribution in [0.4, 0.5) is 5.13 Å². The summed E-state index contributed by atoms with van der Waals surface area (Å²) in [5.74, 6) is 0.597. The molecule has 5 nitrogen and oxygen atoms in total. The molecular weight excluding hydrogens is 322 g/mol. The van der Waals surface area contributed by atoms with Gasteiger partial charge in [-0.2, -0.15) is 0 Å². The van der Waals surface area contributed by atoms with Crippen molar-refractivity contribution in [2.45, 2.75) is 0 Å². The number of nitrogens with one attached hydrogen (secondary N) is 1. The Bertz CT molecular complexity index is 787. The molecule has 0 spiro atoms. The summed E-state index contributed by atoms with van der Waals surface area (Å²) in [4.78, 5) is 8.98. The van der Waals surface area contributed by atoms with Gasteiger partial charge in [-0.25, -0.2) is 9.97 Å². The molecule has 0 saturated heterocycles. The zero-order valence-corrected chi connectivity index (χ0v) is 14.5. The molecular formula is C18H19N3O2S. The van der Waals surface area contributed by atoms with E-state index in [1.165, 1.54) is 0 Å². The molecule has 0 amide bonds. The van der Waals surface area contributed by atoms with E-state index in [4.69, 9.17) is 9.47 Å². The maximum absolute atomic E-state index is 5.51. The predicted octanol–water partition coefficient (Wildman–Crippen LogP) is 3.94. The second-order valence-electron chi connectivity index (χ2n) is 5.06. The minimum absolute atomic E-state index is 0.491. The molecule has 0 saturated carbocycles. The van der Waals surface area contributed by atoms with Crippen LogP contribution < -0.4 is 10.1 Å². The van der Waals surface area contributed by atoms with Crippen molar-refractivity contribution in [3.63, 3.8) is 0 Å². The largest absolute Gasteiger partial charge is 0.475 e. The number of rotatable bonds is 7. The van der Waals surface area contributed by atoms with Gasteiger partial charge in [-0.1, -0.05) is 24.3 Å². The molecule has 0 aliphatic rings. The minimum Gasteiger partial charge on any atom is -0.475 e. The molecule has 124 valence electrons. The van der Waals surface area contributed by atoms with Crippen molar-refractivity contribution in [2.75, 3.05) is 32.7 Å². The molecule has 24 heavy (non-hydrogen) atoms. The van der Waals surface area contributed by atoms with Gasteiger partial charge in [0, 0.05) is 42.9 Å². The van der Waals surface area contributed by atoms with Crippen molar-refractivity contribution < 1.29 is 9.47 Å². The summed E-state index contributed by atoms with van der Waals surface area (Å²) in [7, 11) is 3.52. The zero-order valence-electron chi connectivity index (χ0n) is 13.7. The molecule has 0 atom stereocenters. The van der Waals surface area contributed by atoms with E-state index in [0.29, 0.717) is 19.1 Å². The van der Waals surface area contributed by atoms with Gasteiger partial charge in [0.15, 0.2) is 5.13 Å². The first kappa shape index (κ1) is 16.4. The molecule has 0 aliphatic heterocycles. The van der Waals surface area contributed by atoms with Gasteiger partial charge in [0.05, 0.1) is 12.3 Å². The number of hydrogen-bond acceptors (Lipinski definition) is 6. The fourth-order valence-corrected chi connectivity index (χ4v) is 3.00. The van der Waals surface area contributed by atoms with Gasteiger partial charge in [0.2, 0.25) is 5.88 Å². The first-order valence-corrected chi connectivity index (χ1v) is 8.50. The molecule has 3 aromatic rings. The van der Waals surface area contributed by atoms with Gasteiger partial charge < -0.3 is 14.8 Å². The smallest absolute Gasteiger partial charge is 0.213 e. The number of anilines is 1. The normalized spacial score (nSPS) is 10.6. The first-order valence-electron chi connectivity index (χ1n) is 7.62. The van der Waals surface area contributed by atoms with E-state index < -0.39 is 0 Å². The monoisotopic (exact) mass is 341 g/mol. The van der Waals surface area contributed by atoms with Crippen LogP contribution in [-0.2, 0) is 4.74 Å². The Morgan fingerprint density at radius 2 is 1.92 bits per heavy atom. The van der Waals surface area contributed by atoms with Crippen LogP contribution in [0.15, 0.2) is 48.0 Å². The van der Waals surface area contributed by atoms with Gasteiger partial charge in [0.25, 0.3) is 0 Å². The van der Waals surface area contributed by atoms with Crippen LogP contribution in [0.25, 0.3) is 22.4 Å². The van der Waals surface area contributed by atoms with Crippen molar-refractivity contribution in [2.24, 2.45) is 0 Å². The SMILES string of the molecule is CNc1nc(-c2ccccc2-c2ccc(OCCOC)nc2)cs1. The third kappa shape index (κ3) is 3.72. The average Bonchev–Trinajstić information content (AvgIpc) is 3.12. The maximum atomic E-state index is 5.51. The molecule has 0 fully saturated rings. The van der Waals surface area contributed by atoms with Gasteiger partial charge >= 0.3 is 0 Å². The summed E-state index contributed by atoms with van der Waals surface area (Å²) in [6.07, 6.45) is 1.83. The van der Waals surface area contributed by atoms with Gasteiger partial charge in [-0.05, 0) is 11.6 Å². The van der Waals surface area contributed by atoms with Crippen LogP contribution in [0.3, 0.4) is 0 Å². The van der Waals surface area contributed by atoms with E-state index in [1.807, 2.05) is 37.5 Å². The Balaban J connectivity index is 1.87. The summed E-state index contributed by atoms with van der Waals surface area (Å²) in [6.45, 7) is 1.04. The Morgan fingerprint density at radius 1 is 1.08 bits per heavy atom. The second-order valence-corrected chi connectivity index (χ2v) is 5.92. The highest BCUT2D eigenvalue weighted by Crippen LogP contribution is 2.33. The van der Waals surface area contributed by atoms with Crippen molar-refractivity contribution in [3.8, 4) is 28.3 Å². The van der Waals surface area contributed by atoms with Gasteiger partial charge in [0.1, 0.15) is 6.61 Å². The molecule has 0 bridgehead atoms. The fourth-order valence-electron chi connectivity index (χ4n) is 2.33. The molecule has 2 heterocycles. The lowest BCUT2D eigenvalue weighted by Crippen LogP contribution is -2.05. The highest BCUT2D eigenvalue weighted by atomic mass is 32.1. The molecule has 0 unspecified atom stereocenters. The van der Waals surface area contributed by atoms with E-state index in [-0.39, 0.29) is 0 Å². The van der Waals surface area contributed by atoms with E-state index in [2.05, 4.69) is 32.8 Å². The van der Waals surface area contributed by atoms with Crippen LogP contribution in [0.1, 0.15) is 0 Å². The second kappa shape index (κ2) is 7.90. The van der Waals surface area contributed by atoms with Crippen molar-refractivity contribution in [3.05, 3.63) is 48.0 Å². The lowest BCUT2D eigenvalue weighted by Gasteiger charge is -2.09. The van der Waals surface area contributed by atoms with E-state index in [9.17, 15) is 0 Å². The Kier molecular flexibility index (Phi) is 5.40. The lowest BCUT2D eigenvalue weighted by atomic mass is 9.99. The minimum atomic E-state index is 0.491. The quantitative estimate of drug-likeness (QED) is 0.660. The molecule has 3 rings (SSSR count). The van der Waals surface area contributed by atoms with E-state index in [1.54, 1.807) is 18.4 Å². The van der Waals surface area contributed by atoms with Crippen LogP contribution in [0.5, 0.6) is 5.88 Å². The average molecular weight is 341 g/mol. The van der Waals surface area contributed by atoms with Crippen molar-refractivity contribution in [1.82, 2.24) is 9.97 Å². The van der Waals surface area contributed by atoms with Crippen LogP contribution in [0, 0.1) is 0 Å². The topological polar surface area (TPSA) is 56.3 Å². The molecule has 2 aromatic heterocycles. The number of ether oxygens (including phenoxy) is 2. The van der Waals surface area contributed by atoms with Crippen molar-refractivity contribution >= 4 is 16.5 Å². The molecule has 0 radical (unpaired) electrons. The standard InChI is InChI=1S/C18H19N3O2S/c1-19-18-21-16(12-24-18)15-6-4-3-5-14(15)13-7-8-17(20-11-13)23-10-9-22-2/h3-8,11-12H,9-10H2,1-2H3,(H,19,21). The van der Waals surface area contributed by atoms with Crippen LogP contribution in [0.2, 0.25) is 0 Å². The summed E-state index contributed by atoms with van der Waals surface area (Å²) >= 11 is 1.59. The number of aromatic nitrogens is 2. The molecule has 0 aliphatic carbocycles. The van der Waals surface area contributed by atoms with Gasteiger partial charge in [-0.15, -0.1) is 11.3 Å². The lowest BCUT2D eigenvalue weighted by molar-refractivity contribution is 0.144. The fraction of sp³-hybridized carbons (Fsp3) is 0.222. The number of hydrogen-bond donors (Lipinski definition) is 1. The third-order valence-electron chi connectivity index (χ3n) is 3.51. The van der Waals surface area contributed by atoms with Crippen LogP contribution in [-0.4, -0.2) is 37.3 Å². The summed E-state index contributed by atoms with van der Waals surface area (Å²) in [5.41, 5.74) is 4.18. The van der Waals surface area contributed by atoms with E-state index in [0.717, 1.165) is 27.5 Å². The number of benzene rings is 1. The molecule has 6 heteroatoms. The number of methoxy groups -OCH3 is 1. The molecule has 1 N–H and O–H groups in total. The number of thiazole rings is 1. The van der Waals surface area contributed by atoms with Gasteiger partial charge in [-0.3, -0.25) is 0 Å². The predicted molar refractivity (Wildman–Crippen MR) is 97.7 cm³/mol. The van der Waals surface area contributed by atoms with Crippen LogP contribution >= 0.6 is 11.3 Å². The third-order valence-corrected chi connectivity index (χ3v) is 4.37. The number of pyridine rings is 1. The summed E-state index contributed by atoms with van der Waals surface area (Å²) in [5, 5.41) is 6.03.